The van der Waals surface area contributed by atoms with E-state index in [2.05, 4.69) is 0 Å². The number of hydrogen-bond acceptors (Lipinski definition) is 7. The number of nitrogens with zero attached hydrogens (tertiary/aromatic N) is 2. The van der Waals surface area contributed by atoms with Crippen molar-refractivity contribution < 1.29 is 28.2 Å². The minimum atomic E-state index is -0.895. The standard InChI is InChI=1S/C23H30N2O7/c1-6-7-12-29-19-13-17-16-10-8-9-11-18(16)32-21(26)20(17)25(23(28)31-15(4)5)24(19)22(27)30-14(2)3/h8-11,14-15,19H,6-7,12-13H2,1-5H3/t19-/m0/s1. The van der Waals surface area contributed by atoms with Crippen molar-refractivity contribution in [3.63, 3.8) is 0 Å². The lowest BCUT2D eigenvalue weighted by Crippen LogP contribution is -2.61. The Morgan fingerprint density at radius 1 is 1.09 bits per heavy atom. The first-order valence-electron chi connectivity index (χ1n) is 10.9. The van der Waals surface area contributed by atoms with Crippen molar-refractivity contribution in [1.82, 2.24) is 5.01 Å². The number of anilines is 1. The second kappa shape index (κ2) is 10.0. The number of amides is 2. The molecule has 0 radical (unpaired) electrons. The van der Waals surface area contributed by atoms with E-state index in [-0.39, 0.29) is 12.1 Å². The number of hydrogen-bond donors (Lipinski definition) is 0. The van der Waals surface area contributed by atoms with Gasteiger partial charge < -0.3 is 18.6 Å². The maximum atomic E-state index is 13.2. The summed E-state index contributed by atoms with van der Waals surface area (Å²) in [6, 6.07) is 7.05. The Bertz CT molecular complexity index is 1030. The molecule has 9 heteroatoms. The van der Waals surface area contributed by atoms with E-state index in [0.29, 0.717) is 23.1 Å². The van der Waals surface area contributed by atoms with Crippen LogP contribution in [-0.2, 0) is 20.6 Å². The summed E-state index contributed by atoms with van der Waals surface area (Å²) in [4.78, 5) is 39.2. The molecule has 2 heterocycles. The van der Waals surface area contributed by atoms with Crippen molar-refractivity contribution in [2.45, 2.75) is 72.3 Å². The molecule has 9 nitrogen and oxygen atoms in total. The van der Waals surface area contributed by atoms with E-state index in [9.17, 15) is 14.4 Å². The Morgan fingerprint density at radius 2 is 1.75 bits per heavy atom. The van der Waals surface area contributed by atoms with Crippen LogP contribution >= 0.6 is 0 Å². The molecule has 3 rings (SSSR count). The van der Waals surface area contributed by atoms with Gasteiger partial charge in [-0.3, -0.25) is 0 Å². The average molecular weight is 447 g/mol. The average Bonchev–Trinajstić information content (AvgIpc) is 2.72. The van der Waals surface area contributed by atoms with Crippen LogP contribution < -0.4 is 10.6 Å². The summed E-state index contributed by atoms with van der Waals surface area (Å²) in [6.45, 7) is 9.14. The lowest BCUT2D eigenvalue weighted by atomic mass is 10.0. The Balaban J connectivity index is 2.20. The van der Waals surface area contributed by atoms with E-state index in [4.69, 9.17) is 18.6 Å². The Morgan fingerprint density at radius 3 is 2.41 bits per heavy atom. The van der Waals surface area contributed by atoms with Crippen LogP contribution in [0.4, 0.5) is 15.3 Å². The third-order valence-corrected chi connectivity index (χ3v) is 4.81. The number of carbonyl (C=O) groups is 2. The van der Waals surface area contributed by atoms with Crippen LogP contribution in [0.15, 0.2) is 33.5 Å². The molecule has 1 aliphatic heterocycles. The molecule has 0 unspecified atom stereocenters. The van der Waals surface area contributed by atoms with Gasteiger partial charge in [-0.15, -0.1) is 0 Å². The van der Waals surface area contributed by atoms with Crippen molar-refractivity contribution in [2.75, 3.05) is 11.6 Å². The normalized spacial score (nSPS) is 15.9. The third kappa shape index (κ3) is 4.88. The largest absolute Gasteiger partial charge is 0.445 e. The summed E-state index contributed by atoms with van der Waals surface area (Å²) in [5.74, 6) is 0. The minimum Gasteiger partial charge on any atom is -0.445 e. The fourth-order valence-corrected chi connectivity index (χ4v) is 3.50. The van der Waals surface area contributed by atoms with Gasteiger partial charge in [0.05, 0.1) is 12.2 Å². The number of unbranched alkanes of at least 4 members (excludes halogenated alkanes) is 1. The molecule has 1 aromatic carbocycles. The fourth-order valence-electron chi connectivity index (χ4n) is 3.50. The Labute approximate surface area is 186 Å². The summed E-state index contributed by atoms with van der Waals surface area (Å²) in [5.41, 5.74) is 0.103. The van der Waals surface area contributed by atoms with E-state index in [1.54, 1.807) is 45.9 Å². The summed E-state index contributed by atoms with van der Waals surface area (Å²) in [5, 5.41) is 2.58. The lowest BCUT2D eigenvalue weighted by molar-refractivity contribution is -0.0672. The van der Waals surface area contributed by atoms with Gasteiger partial charge in [-0.25, -0.2) is 14.4 Å². The maximum Gasteiger partial charge on any atom is 0.434 e. The summed E-state index contributed by atoms with van der Waals surface area (Å²) >= 11 is 0. The van der Waals surface area contributed by atoms with Crippen molar-refractivity contribution in [3.05, 3.63) is 40.2 Å². The Kier molecular flexibility index (Phi) is 7.40. The molecule has 0 bridgehead atoms. The summed E-state index contributed by atoms with van der Waals surface area (Å²) in [7, 11) is 0. The van der Waals surface area contributed by atoms with Crippen molar-refractivity contribution in [1.29, 1.82) is 0 Å². The molecule has 2 aromatic rings. The molecule has 1 aromatic heterocycles. The summed E-state index contributed by atoms with van der Waals surface area (Å²) < 4.78 is 22.2. The van der Waals surface area contributed by atoms with E-state index in [1.807, 2.05) is 13.0 Å². The number of fused-ring (bicyclic) bond motifs is 3. The van der Waals surface area contributed by atoms with Crippen LogP contribution in [0.1, 0.15) is 53.0 Å². The molecule has 0 N–H and O–H groups in total. The zero-order valence-corrected chi connectivity index (χ0v) is 19.1. The van der Waals surface area contributed by atoms with Crippen LogP contribution in [0.25, 0.3) is 11.0 Å². The highest BCUT2D eigenvalue weighted by molar-refractivity contribution is 5.96. The molecule has 2 amide bonds. The van der Waals surface area contributed by atoms with Crippen LogP contribution in [-0.4, -0.2) is 42.2 Å². The van der Waals surface area contributed by atoms with Gasteiger partial charge in [0.2, 0.25) is 0 Å². The van der Waals surface area contributed by atoms with Crippen molar-refractivity contribution in [2.24, 2.45) is 0 Å². The fraction of sp³-hybridized carbons (Fsp3) is 0.522. The van der Waals surface area contributed by atoms with Gasteiger partial charge in [-0.05, 0) is 40.2 Å². The first-order chi connectivity index (χ1) is 15.2. The first kappa shape index (κ1) is 23.6. The van der Waals surface area contributed by atoms with Crippen LogP contribution in [0.5, 0.6) is 0 Å². The van der Waals surface area contributed by atoms with Gasteiger partial charge in [0.15, 0.2) is 11.9 Å². The second-order valence-electron chi connectivity index (χ2n) is 8.12. The van der Waals surface area contributed by atoms with Gasteiger partial charge in [0, 0.05) is 24.0 Å². The molecule has 0 fully saturated rings. The van der Waals surface area contributed by atoms with Gasteiger partial charge in [-0.2, -0.15) is 10.0 Å². The monoisotopic (exact) mass is 446 g/mol. The van der Waals surface area contributed by atoms with E-state index in [1.165, 1.54) is 0 Å². The van der Waals surface area contributed by atoms with Crippen LogP contribution in [0, 0.1) is 0 Å². The predicted octanol–water partition coefficient (Wildman–Crippen LogP) is 4.61. The number of hydrazine groups is 1. The third-order valence-electron chi connectivity index (χ3n) is 4.81. The molecule has 32 heavy (non-hydrogen) atoms. The molecule has 0 spiro atoms. The number of para-hydroxylation sites is 1. The van der Waals surface area contributed by atoms with E-state index in [0.717, 1.165) is 22.9 Å². The van der Waals surface area contributed by atoms with E-state index < -0.39 is 36.2 Å². The van der Waals surface area contributed by atoms with E-state index >= 15 is 0 Å². The van der Waals surface area contributed by atoms with Gasteiger partial charge in [0.1, 0.15) is 5.58 Å². The van der Waals surface area contributed by atoms with Crippen molar-refractivity contribution in [3.8, 4) is 0 Å². The molecular formula is C23H30N2O7. The van der Waals surface area contributed by atoms with Crippen molar-refractivity contribution >= 4 is 28.8 Å². The molecule has 1 atom stereocenters. The zero-order valence-electron chi connectivity index (χ0n) is 19.1. The molecule has 1 aliphatic rings. The molecule has 0 aliphatic carbocycles. The number of carbonyl (C=O) groups excluding carboxylic acids is 2. The smallest absolute Gasteiger partial charge is 0.434 e. The highest BCUT2D eigenvalue weighted by atomic mass is 16.6. The molecule has 0 saturated carbocycles. The SMILES string of the molecule is CCCCO[C@H]1Cc2c(c(=O)oc3ccccc23)N(C(=O)OC(C)C)N1C(=O)OC(C)C. The molecule has 0 saturated heterocycles. The zero-order chi connectivity index (χ0) is 23.4. The topological polar surface area (TPSA) is 98.5 Å². The lowest BCUT2D eigenvalue weighted by Gasteiger charge is -2.42. The molecule has 174 valence electrons. The first-order valence-corrected chi connectivity index (χ1v) is 10.9. The summed E-state index contributed by atoms with van der Waals surface area (Å²) in [6.07, 6.45) is -1.67. The highest BCUT2D eigenvalue weighted by Crippen LogP contribution is 2.35. The van der Waals surface area contributed by atoms with Crippen LogP contribution in [0.2, 0.25) is 0 Å². The van der Waals surface area contributed by atoms with Crippen LogP contribution in [0.3, 0.4) is 0 Å². The molecular weight excluding hydrogens is 416 g/mol. The highest BCUT2D eigenvalue weighted by Gasteiger charge is 2.45. The second-order valence-corrected chi connectivity index (χ2v) is 8.12. The number of ether oxygens (including phenoxy) is 3. The maximum absolute atomic E-state index is 13.2. The number of benzene rings is 1. The van der Waals surface area contributed by atoms with Gasteiger partial charge in [-0.1, -0.05) is 31.5 Å². The Hall–Kier alpha value is -3.07. The minimum absolute atomic E-state index is 0.0783. The predicted molar refractivity (Wildman–Crippen MR) is 118 cm³/mol. The van der Waals surface area contributed by atoms with Gasteiger partial charge in [0.25, 0.3) is 0 Å². The van der Waals surface area contributed by atoms with Gasteiger partial charge >= 0.3 is 17.8 Å². The quantitative estimate of drug-likeness (QED) is 0.472. The number of rotatable bonds is 6.